The molecule has 1 aliphatic heterocycles. The topological polar surface area (TPSA) is 64.4 Å². The zero-order valence-electron chi connectivity index (χ0n) is 12.5. The molecule has 0 bridgehead atoms. The second-order valence-electron chi connectivity index (χ2n) is 5.81. The Hall–Kier alpha value is -1.10. The maximum atomic E-state index is 12.4. The minimum Gasteiger partial charge on any atom is -0.364 e. The van der Waals surface area contributed by atoms with Crippen molar-refractivity contribution in [1.29, 1.82) is 0 Å². The van der Waals surface area contributed by atoms with E-state index in [2.05, 4.69) is 19.2 Å². The van der Waals surface area contributed by atoms with Crippen molar-refractivity contribution in [2.24, 2.45) is 11.7 Å². The summed E-state index contributed by atoms with van der Waals surface area (Å²) in [7, 11) is 0. The van der Waals surface area contributed by atoms with Gasteiger partial charge in [0.2, 0.25) is 5.91 Å². The number of amides is 1. The molecule has 1 fully saturated rings. The summed E-state index contributed by atoms with van der Waals surface area (Å²) in [5.41, 5.74) is 6.52. The SMILES string of the molecule is CC(C)C(NC(=O)[C@@H]1CC[C@H](CN)O1)c1ccccc1Cl. The van der Waals surface area contributed by atoms with Crippen LogP contribution in [0.5, 0.6) is 0 Å². The molecule has 1 saturated heterocycles. The Labute approximate surface area is 131 Å². The number of halogens is 1. The first kappa shape index (κ1) is 16.3. The molecule has 0 radical (unpaired) electrons. The van der Waals surface area contributed by atoms with Crippen LogP contribution in [-0.4, -0.2) is 24.7 Å². The molecule has 2 rings (SSSR count). The van der Waals surface area contributed by atoms with Crippen molar-refractivity contribution in [3.8, 4) is 0 Å². The number of carbonyl (C=O) groups excluding carboxylic acids is 1. The van der Waals surface area contributed by atoms with Crippen molar-refractivity contribution in [2.75, 3.05) is 6.54 Å². The molecule has 1 aromatic carbocycles. The second kappa shape index (κ2) is 7.25. The number of nitrogens with two attached hydrogens (primary N) is 1. The van der Waals surface area contributed by atoms with E-state index in [0.29, 0.717) is 11.6 Å². The first-order valence-electron chi connectivity index (χ1n) is 7.43. The van der Waals surface area contributed by atoms with Gasteiger partial charge in [-0.2, -0.15) is 0 Å². The van der Waals surface area contributed by atoms with Gasteiger partial charge in [0.1, 0.15) is 6.10 Å². The Morgan fingerprint density at radius 3 is 2.71 bits per heavy atom. The average molecular weight is 311 g/mol. The summed E-state index contributed by atoms with van der Waals surface area (Å²) >= 11 is 6.25. The largest absolute Gasteiger partial charge is 0.364 e. The van der Waals surface area contributed by atoms with E-state index in [0.717, 1.165) is 18.4 Å². The monoisotopic (exact) mass is 310 g/mol. The summed E-state index contributed by atoms with van der Waals surface area (Å²) in [6.07, 6.45) is 1.16. The minimum atomic E-state index is -0.401. The van der Waals surface area contributed by atoms with Crippen LogP contribution < -0.4 is 11.1 Å². The minimum absolute atomic E-state index is 0.00133. The van der Waals surface area contributed by atoms with E-state index >= 15 is 0 Å². The van der Waals surface area contributed by atoms with Crippen LogP contribution >= 0.6 is 11.6 Å². The summed E-state index contributed by atoms with van der Waals surface area (Å²) in [6, 6.07) is 7.49. The lowest BCUT2D eigenvalue weighted by molar-refractivity contribution is -0.133. The van der Waals surface area contributed by atoms with Crippen LogP contribution in [0.4, 0.5) is 0 Å². The zero-order chi connectivity index (χ0) is 15.4. The van der Waals surface area contributed by atoms with Crippen LogP contribution in [0.3, 0.4) is 0 Å². The Morgan fingerprint density at radius 1 is 1.43 bits per heavy atom. The summed E-state index contributed by atoms with van der Waals surface area (Å²) in [5, 5.41) is 3.74. The van der Waals surface area contributed by atoms with Crippen LogP contribution in [0.15, 0.2) is 24.3 Å². The molecule has 0 spiro atoms. The fourth-order valence-electron chi connectivity index (χ4n) is 2.65. The third-order valence-corrected chi connectivity index (χ3v) is 4.21. The van der Waals surface area contributed by atoms with Gasteiger partial charge in [-0.05, 0) is 30.4 Å². The molecule has 0 aliphatic carbocycles. The molecular weight excluding hydrogens is 288 g/mol. The number of benzene rings is 1. The highest BCUT2D eigenvalue weighted by molar-refractivity contribution is 6.31. The number of hydrogen-bond donors (Lipinski definition) is 2. The molecule has 1 heterocycles. The normalized spacial score (nSPS) is 23.3. The van der Waals surface area contributed by atoms with Crippen molar-refractivity contribution in [2.45, 2.75) is 44.9 Å². The molecule has 1 amide bonds. The van der Waals surface area contributed by atoms with Crippen LogP contribution in [0, 0.1) is 5.92 Å². The van der Waals surface area contributed by atoms with Gasteiger partial charge in [-0.25, -0.2) is 0 Å². The lowest BCUT2D eigenvalue weighted by Gasteiger charge is -2.25. The summed E-state index contributed by atoms with van der Waals surface area (Å²) in [4.78, 5) is 12.4. The lowest BCUT2D eigenvalue weighted by atomic mass is 9.95. The quantitative estimate of drug-likeness (QED) is 0.879. The van der Waals surface area contributed by atoms with E-state index in [-0.39, 0.29) is 24.0 Å². The molecule has 3 N–H and O–H groups in total. The molecule has 21 heavy (non-hydrogen) atoms. The molecule has 4 nitrogen and oxygen atoms in total. The number of rotatable bonds is 5. The highest BCUT2D eigenvalue weighted by Crippen LogP contribution is 2.29. The summed E-state index contributed by atoms with van der Waals surface area (Å²) < 4.78 is 5.65. The molecule has 0 aromatic heterocycles. The Morgan fingerprint density at radius 2 is 2.14 bits per heavy atom. The summed E-state index contributed by atoms with van der Waals surface area (Å²) in [5.74, 6) is 0.158. The molecule has 0 saturated carbocycles. The smallest absolute Gasteiger partial charge is 0.249 e. The van der Waals surface area contributed by atoms with Crippen LogP contribution in [0.1, 0.15) is 38.3 Å². The number of nitrogens with one attached hydrogen (secondary N) is 1. The lowest BCUT2D eigenvalue weighted by Crippen LogP contribution is -2.39. The summed E-state index contributed by atoms with van der Waals surface area (Å²) in [6.45, 7) is 4.58. The molecule has 3 atom stereocenters. The standard InChI is InChI=1S/C16H23ClN2O2/c1-10(2)15(12-5-3-4-6-13(12)17)19-16(20)14-8-7-11(9-18)21-14/h3-6,10-11,14-15H,7-9,18H2,1-2H3,(H,19,20)/t11-,14+,15?/m1/s1. The van der Waals surface area contributed by atoms with Crippen molar-refractivity contribution in [1.82, 2.24) is 5.32 Å². The van der Waals surface area contributed by atoms with Gasteiger partial charge in [-0.15, -0.1) is 0 Å². The van der Waals surface area contributed by atoms with Gasteiger partial charge < -0.3 is 15.8 Å². The third-order valence-electron chi connectivity index (χ3n) is 3.87. The Kier molecular flexibility index (Phi) is 5.62. The van der Waals surface area contributed by atoms with Gasteiger partial charge in [0, 0.05) is 11.6 Å². The van der Waals surface area contributed by atoms with Crippen molar-refractivity contribution < 1.29 is 9.53 Å². The molecule has 1 unspecified atom stereocenters. The van der Waals surface area contributed by atoms with Crippen LogP contribution in [0.25, 0.3) is 0 Å². The number of carbonyl (C=O) groups is 1. The van der Waals surface area contributed by atoms with Crippen LogP contribution in [-0.2, 0) is 9.53 Å². The van der Waals surface area contributed by atoms with Gasteiger partial charge in [0.05, 0.1) is 12.1 Å². The predicted molar refractivity (Wildman–Crippen MR) is 84.1 cm³/mol. The second-order valence-corrected chi connectivity index (χ2v) is 6.22. The molecule has 5 heteroatoms. The number of ether oxygens (including phenoxy) is 1. The highest BCUT2D eigenvalue weighted by Gasteiger charge is 2.32. The van der Waals surface area contributed by atoms with Crippen LogP contribution in [0.2, 0.25) is 5.02 Å². The Bertz CT molecular complexity index is 493. The highest BCUT2D eigenvalue weighted by atomic mass is 35.5. The van der Waals surface area contributed by atoms with E-state index < -0.39 is 6.10 Å². The fraction of sp³-hybridized carbons (Fsp3) is 0.562. The molecule has 1 aliphatic rings. The van der Waals surface area contributed by atoms with Gasteiger partial charge in [0.25, 0.3) is 0 Å². The van der Waals surface area contributed by atoms with E-state index in [1.54, 1.807) is 0 Å². The van der Waals surface area contributed by atoms with Crippen molar-refractivity contribution in [3.05, 3.63) is 34.9 Å². The maximum absolute atomic E-state index is 12.4. The molecule has 1 aromatic rings. The molecular formula is C16H23ClN2O2. The molecule has 116 valence electrons. The van der Waals surface area contributed by atoms with Gasteiger partial charge in [0.15, 0.2) is 0 Å². The van der Waals surface area contributed by atoms with Gasteiger partial charge >= 0.3 is 0 Å². The maximum Gasteiger partial charge on any atom is 0.249 e. The Balaban J connectivity index is 2.07. The average Bonchev–Trinajstić information content (AvgIpc) is 2.94. The van der Waals surface area contributed by atoms with Gasteiger partial charge in [-0.3, -0.25) is 4.79 Å². The third kappa shape index (κ3) is 3.96. The zero-order valence-corrected chi connectivity index (χ0v) is 13.3. The van der Waals surface area contributed by atoms with Gasteiger partial charge in [-0.1, -0.05) is 43.6 Å². The first-order valence-corrected chi connectivity index (χ1v) is 7.81. The van der Waals surface area contributed by atoms with E-state index in [1.165, 1.54) is 0 Å². The number of hydrogen-bond acceptors (Lipinski definition) is 3. The van der Waals surface area contributed by atoms with E-state index in [4.69, 9.17) is 22.1 Å². The van der Waals surface area contributed by atoms with E-state index in [1.807, 2.05) is 24.3 Å². The fourth-order valence-corrected chi connectivity index (χ4v) is 2.90. The van der Waals surface area contributed by atoms with E-state index in [9.17, 15) is 4.79 Å². The van der Waals surface area contributed by atoms with Crippen molar-refractivity contribution in [3.63, 3.8) is 0 Å². The predicted octanol–water partition coefficient (Wildman–Crippen LogP) is 2.66. The first-order chi connectivity index (χ1) is 10.0. The van der Waals surface area contributed by atoms with Crippen molar-refractivity contribution >= 4 is 17.5 Å².